The first-order valence-corrected chi connectivity index (χ1v) is 5.43. The molecule has 5 nitrogen and oxygen atoms in total. The fourth-order valence-corrected chi connectivity index (χ4v) is 1.72. The van der Waals surface area contributed by atoms with Crippen molar-refractivity contribution < 1.29 is 9.15 Å². The Balaban J connectivity index is 1.90. The number of hydrogen-bond donors (Lipinski definition) is 0. The fourth-order valence-electron chi connectivity index (χ4n) is 1.72. The zero-order valence-electron chi connectivity index (χ0n) is 9.27. The van der Waals surface area contributed by atoms with Crippen LogP contribution in [-0.4, -0.2) is 40.9 Å². The van der Waals surface area contributed by atoms with Gasteiger partial charge in [-0.2, -0.15) is 0 Å². The standard InChI is InChI=1S/C10H17N3O2/c1-3-9-11-12-10(15-9)7-13-4-5-14-8(2)6-13/h8H,3-7H2,1-2H3. The molecule has 2 heterocycles. The normalized spacial score (nSPS) is 23.2. The maximum absolute atomic E-state index is 5.47. The van der Waals surface area contributed by atoms with Gasteiger partial charge < -0.3 is 9.15 Å². The van der Waals surface area contributed by atoms with Crippen molar-refractivity contribution in [2.45, 2.75) is 32.9 Å². The third-order valence-electron chi connectivity index (χ3n) is 2.50. The lowest BCUT2D eigenvalue weighted by atomic mass is 10.3. The summed E-state index contributed by atoms with van der Waals surface area (Å²) in [7, 11) is 0. The molecule has 2 rings (SSSR count). The van der Waals surface area contributed by atoms with Crippen LogP contribution >= 0.6 is 0 Å². The molecule has 1 atom stereocenters. The zero-order valence-corrected chi connectivity index (χ0v) is 9.27. The summed E-state index contributed by atoms with van der Waals surface area (Å²) in [5.74, 6) is 1.42. The first-order valence-electron chi connectivity index (χ1n) is 5.43. The molecule has 1 unspecified atom stereocenters. The van der Waals surface area contributed by atoms with E-state index in [0.29, 0.717) is 17.9 Å². The summed E-state index contributed by atoms with van der Waals surface area (Å²) >= 11 is 0. The van der Waals surface area contributed by atoms with Crippen molar-refractivity contribution >= 4 is 0 Å². The lowest BCUT2D eigenvalue weighted by Gasteiger charge is -2.29. The molecule has 1 aliphatic heterocycles. The molecule has 1 aliphatic rings. The van der Waals surface area contributed by atoms with Gasteiger partial charge in [0.15, 0.2) is 0 Å². The molecule has 0 spiro atoms. The Morgan fingerprint density at radius 3 is 2.87 bits per heavy atom. The average molecular weight is 211 g/mol. The summed E-state index contributed by atoms with van der Waals surface area (Å²) in [5.41, 5.74) is 0. The summed E-state index contributed by atoms with van der Waals surface area (Å²) in [6, 6.07) is 0. The Kier molecular flexibility index (Phi) is 3.33. The molecule has 0 saturated carbocycles. The number of aromatic nitrogens is 2. The Morgan fingerprint density at radius 2 is 2.20 bits per heavy atom. The van der Waals surface area contributed by atoms with Gasteiger partial charge in [0, 0.05) is 19.5 Å². The highest BCUT2D eigenvalue weighted by Gasteiger charge is 2.18. The Labute approximate surface area is 89.4 Å². The molecule has 5 heteroatoms. The average Bonchev–Trinajstić information content (AvgIpc) is 2.65. The lowest BCUT2D eigenvalue weighted by Crippen LogP contribution is -2.40. The summed E-state index contributed by atoms with van der Waals surface area (Å²) in [4.78, 5) is 2.28. The maximum Gasteiger partial charge on any atom is 0.230 e. The smallest absolute Gasteiger partial charge is 0.230 e. The van der Waals surface area contributed by atoms with Gasteiger partial charge in [0.25, 0.3) is 0 Å². The number of ether oxygens (including phenoxy) is 1. The highest BCUT2D eigenvalue weighted by atomic mass is 16.5. The minimum atomic E-state index is 0.298. The van der Waals surface area contributed by atoms with E-state index in [4.69, 9.17) is 9.15 Å². The predicted octanol–water partition coefficient (Wildman–Crippen LogP) is 0.853. The highest BCUT2D eigenvalue weighted by molar-refractivity contribution is 4.82. The van der Waals surface area contributed by atoms with E-state index >= 15 is 0 Å². The van der Waals surface area contributed by atoms with Gasteiger partial charge in [0.05, 0.1) is 19.3 Å². The summed E-state index contributed by atoms with van der Waals surface area (Å²) in [5, 5.41) is 7.95. The Hall–Kier alpha value is -0.940. The van der Waals surface area contributed by atoms with Crippen molar-refractivity contribution in [3.63, 3.8) is 0 Å². The third-order valence-corrected chi connectivity index (χ3v) is 2.50. The molecule has 84 valence electrons. The Morgan fingerprint density at radius 1 is 1.40 bits per heavy atom. The predicted molar refractivity (Wildman–Crippen MR) is 54.4 cm³/mol. The molecule has 0 amide bonds. The minimum Gasteiger partial charge on any atom is -0.424 e. The van der Waals surface area contributed by atoms with Crippen LogP contribution in [-0.2, 0) is 17.7 Å². The molecule has 1 saturated heterocycles. The van der Waals surface area contributed by atoms with Crippen molar-refractivity contribution in [3.05, 3.63) is 11.8 Å². The topological polar surface area (TPSA) is 51.4 Å². The van der Waals surface area contributed by atoms with Crippen LogP contribution in [0.5, 0.6) is 0 Å². The maximum atomic E-state index is 5.47. The highest BCUT2D eigenvalue weighted by Crippen LogP contribution is 2.09. The second-order valence-electron chi connectivity index (χ2n) is 3.86. The number of morpholine rings is 1. The molecule has 0 N–H and O–H groups in total. The van der Waals surface area contributed by atoms with Gasteiger partial charge >= 0.3 is 0 Å². The zero-order chi connectivity index (χ0) is 10.7. The van der Waals surface area contributed by atoms with Gasteiger partial charge in [-0.25, -0.2) is 0 Å². The van der Waals surface area contributed by atoms with Crippen LogP contribution in [0, 0.1) is 0 Å². The lowest BCUT2D eigenvalue weighted by molar-refractivity contribution is -0.0236. The molecule has 0 radical (unpaired) electrons. The van der Waals surface area contributed by atoms with E-state index in [2.05, 4.69) is 22.0 Å². The van der Waals surface area contributed by atoms with Crippen molar-refractivity contribution in [1.29, 1.82) is 0 Å². The van der Waals surface area contributed by atoms with Crippen LogP contribution in [0.2, 0.25) is 0 Å². The van der Waals surface area contributed by atoms with E-state index in [1.54, 1.807) is 0 Å². The molecule has 1 aromatic heterocycles. The van der Waals surface area contributed by atoms with Crippen molar-refractivity contribution in [1.82, 2.24) is 15.1 Å². The number of aryl methyl sites for hydroxylation is 1. The molecule has 1 fully saturated rings. The molecule has 0 aromatic carbocycles. The van der Waals surface area contributed by atoms with Crippen molar-refractivity contribution in [2.24, 2.45) is 0 Å². The van der Waals surface area contributed by atoms with Crippen LogP contribution in [0.1, 0.15) is 25.6 Å². The molecular formula is C10H17N3O2. The summed E-state index contributed by atoms with van der Waals surface area (Å²) < 4.78 is 10.9. The second-order valence-corrected chi connectivity index (χ2v) is 3.86. The van der Waals surface area contributed by atoms with E-state index in [9.17, 15) is 0 Å². The summed E-state index contributed by atoms with van der Waals surface area (Å²) in [6.07, 6.45) is 1.10. The van der Waals surface area contributed by atoms with Crippen molar-refractivity contribution in [3.8, 4) is 0 Å². The van der Waals surface area contributed by atoms with Crippen LogP contribution < -0.4 is 0 Å². The first kappa shape index (κ1) is 10.6. The largest absolute Gasteiger partial charge is 0.424 e. The van der Waals surface area contributed by atoms with Gasteiger partial charge in [0.1, 0.15) is 0 Å². The van der Waals surface area contributed by atoms with E-state index in [1.165, 1.54) is 0 Å². The van der Waals surface area contributed by atoms with Gasteiger partial charge in [-0.3, -0.25) is 4.90 Å². The van der Waals surface area contributed by atoms with Gasteiger partial charge in [-0.05, 0) is 6.92 Å². The fraction of sp³-hybridized carbons (Fsp3) is 0.800. The van der Waals surface area contributed by atoms with Crippen LogP contribution in [0.3, 0.4) is 0 Å². The van der Waals surface area contributed by atoms with Gasteiger partial charge in [0.2, 0.25) is 11.8 Å². The number of hydrogen-bond acceptors (Lipinski definition) is 5. The van der Waals surface area contributed by atoms with Crippen LogP contribution in [0.25, 0.3) is 0 Å². The minimum absolute atomic E-state index is 0.298. The number of nitrogens with zero attached hydrogens (tertiary/aromatic N) is 3. The van der Waals surface area contributed by atoms with Crippen LogP contribution in [0.4, 0.5) is 0 Å². The van der Waals surface area contributed by atoms with E-state index < -0.39 is 0 Å². The number of rotatable bonds is 3. The first-order chi connectivity index (χ1) is 7.28. The quantitative estimate of drug-likeness (QED) is 0.742. The van der Waals surface area contributed by atoms with E-state index in [1.807, 2.05) is 6.92 Å². The molecular weight excluding hydrogens is 194 g/mol. The van der Waals surface area contributed by atoms with Crippen molar-refractivity contribution in [2.75, 3.05) is 19.7 Å². The van der Waals surface area contributed by atoms with Crippen LogP contribution in [0.15, 0.2) is 4.42 Å². The SMILES string of the molecule is CCc1nnc(CN2CCOC(C)C2)o1. The van der Waals surface area contributed by atoms with E-state index in [-0.39, 0.29) is 0 Å². The molecule has 0 aliphatic carbocycles. The molecule has 15 heavy (non-hydrogen) atoms. The van der Waals surface area contributed by atoms with Gasteiger partial charge in [-0.15, -0.1) is 10.2 Å². The summed E-state index contributed by atoms with van der Waals surface area (Å²) in [6.45, 7) is 7.49. The Bertz CT molecular complexity index is 313. The van der Waals surface area contributed by atoms with E-state index in [0.717, 1.165) is 32.7 Å². The van der Waals surface area contributed by atoms with Gasteiger partial charge in [-0.1, -0.05) is 6.92 Å². The molecule has 0 bridgehead atoms. The monoisotopic (exact) mass is 211 g/mol. The molecule has 1 aromatic rings. The second kappa shape index (κ2) is 4.72. The third kappa shape index (κ3) is 2.76.